The van der Waals surface area contributed by atoms with Crippen molar-refractivity contribution in [1.82, 2.24) is 10.6 Å². The first-order valence-corrected chi connectivity index (χ1v) is 9.55. The van der Waals surface area contributed by atoms with E-state index in [4.69, 9.17) is 0 Å². The van der Waals surface area contributed by atoms with Crippen LogP contribution in [0, 0.1) is 5.92 Å². The lowest BCUT2D eigenvalue weighted by Crippen LogP contribution is -2.26. The first kappa shape index (κ1) is 17.1. The van der Waals surface area contributed by atoms with Crippen LogP contribution in [-0.2, 0) is 5.75 Å². The van der Waals surface area contributed by atoms with Crippen molar-refractivity contribution in [2.75, 3.05) is 19.6 Å². The highest BCUT2D eigenvalue weighted by Gasteiger charge is 2.14. The smallest absolute Gasteiger partial charge is 0.251 e. The second-order valence-corrected chi connectivity index (χ2v) is 7.25. The molecule has 1 aliphatic rings. The summed E-state index contributed by atoms with van der Waals surface area (Å²) >= 11 is 1.79. The highest BCUT2D eigenvalue weighted by molar-refractivity contribution is 7.98. The largest absolute Gasteiger partial charge is 0.352 e. The molecule has 0 aromatic heterocycles. The molecule has 0 aliphatic carbocycles. The molecule has 3 rings (SSSR count). The molecule has 0 saturated carbocycles. The molecule has 1 amide bonds. The predicted octanol–water partition coefficient (Wildman–Crippen LogP) is 3.71. The number of thioether (sulfide) groups is 1. The molecule has 1 unspecified atom stereocenters. The number of rotatable bonds is 7. The first-order chi connectivity index (χ1) is 11.8. The molecule has 1 atom stereocenters. The number of carbonyl (C=O) groups excluding carboxylic acids is 1. The minimum absolute atomic E-state index is 0.0283. The molecular weight excluding hydrogens is 316 g/mol. The van der Waals surface area contributed by atoms with Crippen molar-refractivity contribution in [1.29, 1.82) is 0 Å². The van der Waals surface area contributed by atoms with Crippen molar-refractivity contribution in [2.45, 2.75) is 23.5 Å². The van der Waals surface area contributed by atoms with E-state index in [0.29, 0.717) is 5.92 Å². The van der Waals surface area contributed by atoms with Crippen LogP contribution in [-0.4, -0.2) is 25.5 Å². The fourth-order valence-corrected chi connectivity index (χ4v) is 3.75. The Bertz CT molecular complexity index is 636. The van der Waals surface area contributed by atoms with Gasteiger partial charge in [0.2, 0.25) is 0 Å². The number of amides is 1. The van der Waals surface area contributed by atoms with Gasteiger partial charge in [0.1, 0.15) is 0 Å². The molecule has 2 aromatic carbocycles. The molecule has 1 aliphatic heterocycles. The van der Waals surface area contributed by atoms with Crippen LogP contribution in [0.5, 0.6) is 0 Å². The van der Waals surface area contributed by atoms with Crippen LogP contribution in [0.2, 0.25) is 0 Å². The summed E-state index contributed by atoms with van der Waals surface area (Å²) < 4.78 is 0. The zero-order chi connectivity index (χ0) is 16.6. The van der Waals surface area contributed by atoms with Crippen molar-refractivity contribution < 1.29 is 4.79 Å². The highest BCUT2D eigenvalue weighted by atomic mass is 32.2. The summed E-state index contributed by atoms with van der Waals surface area (Å²) in [6, 6.07) is 18.3. The van der Waals surface area contributed by atoms with Gasteiger partial charge in [-0.15, -0.1) is 11.8 Å². The van der Waals surface area contributed by atoms with E-state index in [1.165, 1.54) is 16.9 Å². The van der Waals surface area contributed by atoms with Gasteiger partial charge in [-0.25, -0.2) is 0 Å². The number of benzene rings is 2. The van der Waals surface area contributed by atoms with Gasteiger partial charge in [-0.05, 0) is 61.7 Å². The van der Waals surface area contributed by atoms with E-state index in [1.807, 2.05) is 30.3 Å². The van der Waals surface area contributed by atoms with E-state index in [-0.39, 0.29) is 5.91 Å². The van der Waals surface area contributed by atoms with Crippen molar-refractivity contribution in [3.8, 4) is 0 Å². The summed E-state index contributed by atoms with van der Waals surface area (Å²) in [6.07, 6.45) is 2.28. The van der Waals surface area contributed by atoms with Gasteiger partial charge < -0.3 is 10.6 Å². The van der Waals surface area contributed by atoms with Crippen LogP contribution < -0.4 is 10.6 Å². The minimum Gasteiger partial charge on any atom is -0.352 e. The fourth-order valence-electron chi connectivity index (χ4n) is 2.90. The fraction of sp³-hybridized carbons (Fsp3) is 0.350. The van der Waals surface area contributed by atoms with Gasteiger partial charge in [0.05, 0.1) is 0 Å². The molecule has 0 bridgehead atoms. The van der Waals surface area contributed by atoms with E-state index in [1.54, 1.807) is 11.8 Å². The zero-order valence-electron chi connectivity index (χ0n) is 13.8. The Kier molecular flexibility index (Phi) is 6.33. The number of hydrogen-bond acceptors (Lipinski definition) is 3. The zero-order valence-corrected chi connectivity index (χ0v) is 14.6. The van der Waals surface area contributed by atoms with Crippen LogP contribution in [0.1, 0.15) is 28.8 Å². The SMILES string of the molecule is O=C(NCCC1CCNC1)c1ccc(SCc2ccccc2)cc1. The third-order valence-electron chi connectivity index (χ3n) is 4.37. The molecule has 1 heterocycles. The van der Waals surface area contributed by atoms with E-state index >= 15 is 0 Å². The number of hydrogen-bond donors (Lipinski definition) is 2. The molecule has 3 nitrogen and oxygen atoms in total. The maximum absolute atomic E-state index is 12.2. The van der Waals surface area contributed by atoms with E-state index in [0.717, 1.165) is 37.4 Å². The van der Waals surface area contributed by atoms with Crippen molar-refractivity contribution in [2.24, 2.45) is 5.92 Å². The molecule has 1 saturated heterocycles. The molecule has 24 heavy (non-hydrogen) atoms. The molecule has 126 valence electrons. The van der Waals surface area contributed by atoms with Crippen molar-refractivity contribution in [3.63, 3.8) is 0 Å². The van der Waals surface area contributed by atoms with E-state index in [2.05, 4.69) is 34.9 Å². The molecule has 4 heteroatoms. The van der Waals surface area contributed by atoms with Crippen LogP contribution in [0.25, 0.3) is 0 Å². The highest BCUT2D eigenvalue weighted by Crippen LogP contribution is 2.23. The maximum Gasteiger partial charge on any atom is 0.251 e. The third kappa shape index (κ3) is 5.11. The van der Waals surface area contributed by atoms with Gasteiger partial charge in [0.25, 0.3) is 5.91 Å². The van der Waals surface area contributed by atoms with Gasteiger partial charge in [-0.3, -0.25) is 4.79 Å². The Labute approximate surface area is 148 Å². The van der Waals surface area contributed by atoms with Crippen molar-refractivity contribution >= 4 is 17.7 Å². The summed E-state index contributed by atoms with van der Waals surface area (Å²) in [5, 5.41) is 6.39. The van der Waals surface area contributed by atoms with Gasteiger partial charge in [0, 0.05) is 22.8 Å². The first-order valence-electron chi connectivity index (χ1n) is 8.57. The topological polar surface area (TPSA) is 41.1 Å². The Morgan fingerprint density at radius 3 is 2.62 bits per heavy atom. The Morgan fingerprint density at radius 2 is 1.92 bits per heavy atom. The second kappa shape index (κ2) is 8.90. The molecule has 2 aromatic rings. The monoisotopic (exact) mass is 340 g/mol. The summed E-state index contributed by atoms with van der Waals surface area (Å²) in [4.78, 5) is 13.4. The van der Waals surface area contributed by atoms with Gasteiger partial charge >= 0.3 is 0 Å². The Morgan fingerprint density at radius 1 is 1.12 bits per heavy atom. The van der Waals surface area contributed by atoms with Crippen LogP contribution in [0.4, 0.5) is 0 Å². The van der Waals surface area contributed by atoms with Gasteiger partial charge in [-0.1, -0.05) is 30.3 Å². The van der Waals surface area contributed by atoms with E-state index < -0.39 is 0 Å². The summed E-state index contributed by atoms with van der Waals surface area (Å²) in [6.45, 7) is 2.96. The Balaban J connectivity index is 1.43. The number of carbonyl (C=O) groups is 1. The lowest BCUT2D eigenvalue weighted by atomic mass is 10.1. The Hall–Kier alpha value is -1.78. The summed E-state index contributed by atoms with van der Waals surface area (Å²) in [5.41, 5.74) is 2.05. The molecule has 1 fully saturated rings. The summed E-state index contributed by atoms with van der Waals surface area (Å²) in [7, 11) is 0. The standard InChI is InChI=1S/C20H24N2OS/c23-20(22-13-11-16-10-12-21-14-16)18-6-8-19(9-7-18)24-15-17-4-2-1-3-5-17/h1-9,16,21H,10-15H2,(H,22,23). The quantitative estimate of drug-likeness (QED) is 0.755. The normalized spacial score (nSPS) is 16.9. The van der Waals surface area contributed by atoms with Crippen LogP contribution >= 0.6 is 11.8 Å². The van der Waals surface area contributed by atoms with Crippen LogP contribution in [0.3, 0.4) is 0 Å². The average Bonchev–Trinajstić information content (AvgIpc) is 3.15. The van der Waals surface area contributed by atoms with Gasteiger partial charge in [-0.2, -0.15) is 0 Å². The predicted molar refractivity (Wildman–Crippen MR) is 100 cm³/mol. The lowest BCUT2D eigenvalue weighted by Gasteiger charge is -2.09. The molecule has 0 spiro atoms. The molecule has 0 radical (unpaired) electrons. The third-order valence-corrected chi connectivity index (χ3v) is 5.45. The minimum atomic E-state index is 0.0283. The molecular formula is C20H24N2OS. The maximum atomic E-state index is 12.2. The number of nitrogens with one attached hydrogen (secondary N) is 2. The average molecular weight is 340 g/mol. The van der Waals surface area contributed by atoms with Crippen molar-refractivity contribution in [3.05, 3.63) is 65.7 Å². The second-order valence-electron chi connectivity index (χ2n) is 6.20. The lowest BCUT2D eigenvalue weighted by molar-refractivity contribution is 0.0951. The van der Waals surface area contributed by atoms with E-state index in [9.17, 15) is 4.79 Å². The van der Waals surface area contributed by atoms with Gasteiger partial charge in [0.15, 0.2) is 0 Å². The van der Waals surface area contributed by atoms with Crippen LogP contribution in [0.15, 0.2) is 59.5 Å². The summed E-state index contributed by atoms with van der Waals surface area (Å²) in [5.74, 6) is 1.68. The molecule has 2 N–H and O–H groups in total.